The first-order valence-corrected chi connectivity index (χ1v) is 6.68. The molecule has 1 aromatic rings. The van der Waals surface area contributed by atoms with Gasteiger partial charge >= 0.3 is 0 Å². The summed E-state index contributed by atoms with van der Waals surface area (Å²) in [6.07, 6.45) is 1.54. The van der Waals surface area contributed by atoms with Crippen molar-refractivity contribution in [1.29, 1.82) is 0 Å². The van der Waals surface area contributed by atoms with Crippen LogP contribution in [0.5, 0.6) is 0 Å². The number of benzene rings is 1. The highest BCUT2D eigenvalue weighted by molar-refractivity contribution is 5.75. The Balaban J connectivity index is 2.67. The molecule has 0 atom stereocenters. The summed E-state index contributed by atoms with van der Waals surface area (Å²) in [7, 11) is 1.87. The number of hydrogen-bond acceptors (Lipinski definition) is 1. The van der Waals surface area contributed by atoms with Crippen molar-refractivity contribution >= 4 is 5.91 Å². The summed E-state index contributed by atoms with van der Waals surface area (Å²) >= 11 is 0. The van der Waals surface area contributed by atoms with Crippen molar-refractivity contribution < 1.29 is 4.79 Å². The molecular formula is C16H25NO. The highest BCUT2D eigenvalue weighted by Gasteiger charge is 2.13. The third-order valence-corrected chi connectivity index (χ3v) is 3.13. The van der Waals surface area contributed by atoms with Crippen LogP contribution >= 0.6 is 0 Å². The molecule has 0 aliphatic carbocycles. The van der Waals surface area contributed by atoms with Gasteiger partial charge in [0.1, 0.15) is 0 Å². The first-order chi connectivity index (χ1) is 8.34. The van der Waals surface area contributed by atoms with Crippen molar-refractivity contribution in [3.63, 3.8) is 0 Å². The van der Waals surface area contributed by atoms with Gasteiger partial charge in [-0.3, -0.25) is 4.79 Å². The molecule has 2 nitrogen and oxygen atoms in total. The van der Waals surface area contributed by atoms with Gasteiger partial charge in [-0.25, -0.2) is 0 Å². The van der Waals surface area contributed by atoms with Crippen molar-refractivity contribution in [3.05, 3.63) is 35.4 Å². The molecule has 0 aromatic heterocycles. The minimum absolute atomic E-state index is 0.183. The molecule has 0 radical (unpaired) electrons. The zero-order chi connectivity index (χ0) is 13.8. The van der Waals surface area contributed by atoms with Crippen LogP contribution < -0.4 is 0 Å². The molecule has 0 spiro atoms. The molecule has 100 valence electrons. The number of hydrogen-bond donors (Lipinski definition) is 0. The van der Waals surface area contributed by atoms with Crippen LogP contribution in [0.3, 0.4) is 0 Å². The zero-order valence-electron chi connectivity index (χ0n) is 12.3. The Kier molecular flexibility index (Phi) is 4.94. The first-order valence-electron chi connectivity index (χ1n) is 6.68. The van der Waals surface area contributed by atoms with Gasteiger partial charge < -0.3 is 4.90 Å². The lowest BCUT2D eigenvalue weighted by Crippen LogP contribution is -2.25. The van der Waals surface area contributed by atoms with Gasteiger partial charge in [-0.2, -0.15) is 0 Å². The van der Waals surface area contributed by atoms with Crippen LogP contribution in [0, 0.1) is 0 Å². The van der Waals surface area contributed by atoms with Crippen LogP contribution in [0.1, 0.15) is 51.7 Å². The summed E-state index contributed by atoms with van der Waals surface area (Å²) < 4.78 is 0. The van der Waals surface area contributed by atoms with Crippen LogP contribution in [0.2, 0.25) is 0 Å². The number of rotatable bonds is 4. The number of carbonyl (C=O) groups excluding carboxylic acids is 1. The Morgan fingerprint density at radius 2 is 1.72 bits per heavy atom. The molecule has 0 saturated heterocycles. The van der Waals surface area contributed by atoms with E-state index < -0.39 is 0 Å². The van der Waals surface area contributed by atoms with Crippen molar-refractivity contribution in [2.24, 2.45) is 0 Å². The standard InChI is InChI=1S/C16H25NO/c1-6-7-15(18)17(5)12-13-8-10-14(11-9-13)16(2,3)4/h8-11H,6-7,12H2,1-5H3. The summed E-state index contributed by atoms with van der Waals surface area (Å²) in [6.45, 7) is 9.35. The van der Waals surface area contributed by atoms with E-state index >= 15 is 0 Å². The Labute approximate surface area is 111 Å². The Bertz CT molecular complexity index is 387. The monoisotopic (exact) mass is 247 g/mol. The lowest BCUT2D eigenvalue weighted by Gasteiger charge is -2.21. The average molecular weight is 247 g/mol. The lowest BCUT2D eigenvalue weighted by atomic mass is 9.87. The second kappa shape index (κ2) is 6.03. The fourth-order valence-electron chi connectivity index (χ4n) is 1.88. The second-order valence-corrected chi connectivity index (χ2v) is 5.95. The molecule has 0 bridgehead atoms. The van der Waals surface area contributed by atoms with E-state index in [-0.39, 0.29) is 11.3 Å². The first kappa shape index (κ1) is 14.7. The maximum absolute atomic E-state index is 11.7. The minimum atomic E-state index is 0.183. The van der Waals surface area contributed by atoms with Crippen LogP contribution in [0.4, 0.5) is 0 Å². The Morgan fingerprint density at radius 1 is 1.17 bits per heavy atom. The molecule has 0 unspecified atom stereocenters. The maximum Gasteiger partial charge on any atom is 0.222 e. The molecular weight excluding hydrogens is 222 g/mol. The number of carbonyl (C=O) groups is 1. The van der Waals surface area contributed by atoms with Crippen molar-refractivity contribution in [2.45, 2.75) is 52.5 Å². The normalized spacial score (nSPS) is 11.4. The Hall–Kier alpha value is -1.31. The molecule has 0 aliphatic rings. The number of amides is 1. The third kappa shape index (κ3) is 4.17. The molecule has 1 aromatic carbocycles. The fraction of sp³-hybridized carbons (Fsp3) is 0.562. The summed E-state index contributed by atoms with van der Waals surface area (Å²) in [5, 5.41) is 0. The summed E-state index contributed by atoms with van der Waals surface area (Å²) in [4.78, 5) is 13.5. The van der Waals surface area contributed by atoms with E-state index in [4.69, 9.17) is 0 Å². The van der Waals surface area contributed by atoms with E-state index in [0.717, 1.165) is 6.42 Å². The van der Waals surface area contributed by atoms with Gasteiger partial charge in [-0.1, -0.05) is 52.0 Å². The van der Waals surface area contributed by atoms with Gasteiger partial charge in [0.15, 0.2) is 0 Å². The van der Waals surface area contributed by atoms with Gasteiger partial charge in [0.05, 0.1) is 0 Å². The van der Waals surface area contributed by atoms with Crippen LogP contribution in [-0.2, 0) is 16.8 Å². The van der Waals surface area contributed by atoms with Crippen LogP contribution in [0.25, 0.3) is 0 Å². The molecule has 0 aliphatic heterocycles. The maximum atomic E-state index is 11.7. The van der Waals surface area contributed by atoms with Gasteiger partial charge in [0, 0.05) is 20.0 Å². The SMILES string of the molecule is CCCC(=O)N(C)Cc1ccc(C(C)(C)C)cc1. The fourth-order valence-corrected chi connectivity index (χ4v) is 1.88. The molecule has 0 fully saturated rings. The van der Waals surface area contributed by atoms with E-state index in [1.807, 2.05) is 14.0 Å². The lowest BCUT2D eigenvalue weighted by molar-refractivity contribution is -0.130. The Morgan fingerprint density at radius 3 is 2.17 bits per heavy atom. The van der Waals surface area contributed by atoms with Gasteiger partial charge in [-0.15, -0.1) is 0 Å². The van der Waals surface area contributed by atoms with Crippen LogP contribution in [-0.4, -0.2) is 17.9 Å². The van der Waals surface area contributed by atoms with Crippen molar-refractivity contribution in [1.82, 2.24) is 4.90 Å². The average Bonchev–Trinajstić information content (AvgIpc) is 2.28. The summed E-state index contributed by atoms with van der Waals surface area (Å²) in [5.41, 5.74) is 2.70. The zero-order valence-corrected chi connectivity index (χ0v) is 12.3. The summed E-state index contributed by atoms with van der Waals surface area (Å²) in [6, 6.07) is 8.56. The molecule has 0 saturated carbocycles. The largest absolute Gasteiger partial charge is 0.341 e. The van der Waals surface area contributed by atoms with Crippen molar-refractivity contribution in [3.8, 4) is 0 Å². The summed E-state index contributed by atoms with van der Waals surface area (Å²) in [5.74, 6) is 0.220. The van der Waals surface area contributed by atoms with Crippen LogP contribution in [0.15, 0.2) is 24.3 Å². The van der Waals surface area contributed by atoms with E-state index in [1.54, 1.807) is 4.90 Å². The predicted molar refractivity (Wildman–Crippen MR) is 76.5 cm³/mol. The van der Waals surface area contributed by atoms with E-state index in [0.29, 0.717) is 13.0 Å². The van der Waals surface area contributed by atoms with E-state index in [1.165, 1.54) is 11.1 Å². The highest BCUT2D eigenvalue weighted by atomic mass is 16.2. The van der Waals surface area contributed by atoms with Gasteiger partial charge in [0.25, 0.3) is 0 Å². The van der Waals surface area contributed by atoms with Crippen molar-refractivity contribution in [2.75, 3.05) is 7.05 Å². The van der Waals surface area contributed by atoms with E-state index in [2.05, 4.69) is 45.0 Å². The molecule has 0 N–H and O–H groups in total. The van der Waals surface area contributed by atoms with E-state index in [9.17, 15) is 4.79 Å². The quantitative estimate of drug-likeness (QED) is 0.793. The van der Waals surface area contributed by atoms with Gasteiger partial charge in [-0.05, 0) is 23.0 Å². The second-order valence-electron chi connectivity index (χ2n) is 5.95. The highest BCUT2D eigenvalue weighted by Crippen LogP contribution is 2.22. The molecule has 2 heteroatoms. The smallest absolute Gasteiger partial charge is 0.222 e. The topological polar surface area (TPSA) is 20.3 Å². The minimum Gasteiger partial charge on any atom is -0.341 e. The predicted octanol–water partition coefficient (Wildman–Crippen LogP) is 3.74. The molecule has 0 heterocycles. The van der Waals surface area contributed by atoms with Gasteiger partial charge in [0.2, 0.25) is 5.91 Å². The molecule has 18 heavy (non-hydrogen) atoms. The third-order valence-electron chi connectivity index (χ3n) is 3.13. The molecule has 1 amide bonds. The molecule has 1 rings (SSSR count). The number of nitrogens with zero attached hydrogens (tertiary/aromatic N) is 1.